The fourth-order valence-electron chi connectivity index (χ4n) is 2.69. The highest BCUT2D eigenvalue weighted by Gasteiger charge is 2.19. The molecule has 0 unspecified atom stereocenters. The maximum absolute atomic E-state index is 11.9. The molecular weight excluding hydrogens is 266 g/mol. The number of nitrogens with zero attached hydrogens (tertiary/aromatic N) is 2. The molecule has 2 aromatic rings. The summed E-state index contributed by atoms with van der Waals surface area (Å²) in [5.74, 6) is 1.44. The third-order valence-corrected chi connectivity index (χ3v) is 3.92. The Labute approximate surface area is 123 Å². The number of ether oxygens (including phenoxy) is 1. The van der Waals surface area contributed by atoms with Crippen molar-refractivity contribution in [3.05, 3.63) is 29.8 Å². The van der Waals surface area contributed by atoms with Gasteiger partial charge < -0.3 is 15.4 Å². The zero-order valence-electron chi connectivity index (χ0n) is 12.1. The van der Waals surface area contributed by atoms with Crippen LogP contribution in [-0.2, 0) is 11.3 Å². The standard InChI is InChI=1S/C16H19N3O2/c1-21-13-6-5-11-8-12(16(17)18-14(11)9-13)10-19-7-3-2-4-15(19)20/h5-6,8-9H,2-4,7,10H2,1H3,(H2,17,18). The number of likely N-dealkylation sites (tertiary alicyclic amines) is 1. The molecule has 1 saturated heterocycles. The number of fused-ring (bicyclic) bond motifs is 1. The van der Waals surface area contributed by atoms with Crippen molar-refractivity contribution in [1.82, 2.24) is 9.88 Å². The molecule has 1 aliphatic heterocycles. The lowest BCUT2D eigenvalue weighted by atomic mass is 10.1. The molecule has 2 N–H and O–H groups in total. The van der Waals surface area contributed by atoms with E-state index in [1.54, 1.807) is 7.11 Å². The van der Waals surface area contributed by atoms with E-state index < -0.39 is 0 Å². The second kappa shape index (κ2) is 5.60. The topological polar surface area (TPSA) is 68.5 Å². The number of hydrogen-bond donors (Lipinski definition) is 1. The van der Waals surface area contributed by atoms with Gasteiger partial charge >= 0.3 is 0 Å². The van der Waals surface area contributed by atoms with Crippen LogP contribution in [0, 0.1) is 0 Å². The van der Waals surface area contributed by atoms with Crippen LogP contribution in [0.2, 0.25) is 0 Å². The van der Waals surface area contributed by atoms with Crippen molar-refractivity contribution < 1.29 is 9.53 Å². The average Bonchev–Trinajstić information content (AvgIpc) is 2.49. The summed E-state index contributed by atoms with van der Waals surface area (Å²) in [7, 11) is 1.63. The summed E-state index contributed by atoms with van der Waals surface area (Å²) in [4.78, 5) is 18.2. The van der Waals surface area contributed by atoms with Gasteiger partial charge in [0.15, 0.2) is 0 Å². The van der Waals surface area contributed by atoms with Gasteiger partial charge in [0, 0.05) is 36.5 Å². The van der Waals surface area contributed by atoms with Crippen LogP contribution >= 0.6 is 0 Å². The monoisotopic (exact) mass is 285 g/mol. The molecule has 0 atom stereocenters. The molecule has 0 spiro atoms. The van der Waals surface area contributed by atoms with Gasteiger partial charge in [-0.3, -0.25) is 4.79 Å². The summed E-state index contributed by atoms with van der Waals surface area (Å²) in [6, 6.07) is 7.73. The molecule has 1 fully saturated rings. The maximum Gasteiger partial charge on any atom is 0.222 e. The van der Waals surface area contributed by atoms with Crippen LogP contribution in [0.25, 0.3) is 10.9 Å². The van der Waals surface area contributed by atoms with Crippen LogP contribution in [0.15, 0.2) is 24.3 Å². The number of aromatic nitrogens is 1. The van der Waals surface area contributed by atoms with Gasteiger partial charge in [0.1, 0.15) is 11.6 Å². The lowest BCUT2D eigenvalue weighted by Gasteiger charge is -2.27. The molecule has 5 heteroatoms. The Bertz CT molecular complexity index is 685. The van der Waals surface area contributed by atoms with Crippen LogP contribution in [0.3, 0.4) is 0 Å². The fraction of sp³-hybridized carbons (Fsp3) is 0.375. The molecule has 2 heterocycles. The number of nitrogens with two attached hydrogens (primary N) is 1. The lowest BCUT2D eigenvalue weighted by molar-refractivity contribution is -0.133. The quantitative estimate of drug-likeness (QED) is 0.939. The predicted molar refractivity (Wildman–Crippen MR) is 82.0 cm³/mol. The molecule has 0 radical (unpaired) electrons. The van der Waals surface area contributed by atoms with E-state index in [1.165, 1.54) is 0 Å². The van der Waals surface area contributed by atoms with Crippen LogP contribution in [-0.4, -0.2) is 29.4 Å². The number of benzene rings is 1. The SMILES string of the molecule is COc1ccc2cc(CN3CCCCC3=O)c(N)nc2c1. The van der Waals surface area contributed by atoms with Gasteiger partial charge in [-0.25, -0.2) is 4.98 Å². The van der Waals surface area contributed by atoms with Crippen molar-refractivity contribution >= 4 is 22.6 Å². The van der Waals surface area contributed by atoms with Gasteiger partial charge in [-0.05, 0) is 31.0 Å². The third-order valence-electron chi connectivity index (χ3n) is 3.92. The van der Waals surface area contributed by atoms with Crippen LogP contribution < -0.4 is 10.5 Å². The van der Waals surface area contributed by atoms with Crippen LogP contribution in [0.1, 0.15) is 24.8 Å². The molecule has 21 heavy (non-hydrogen) atoms. The van der Waals surface area contributed by atoms with Crippen LogP contribution in [0.5, 0.6) is 5.75 Å². The number of rotatable bonds is 3. The first kappa shape index (κ1) is 13.7. The zero-order chi connectivity index (χ0) is 14.8. The number of carbonyl (C=O) groups is 1. The lowest BCUT2D eigenvalue weighted by Crippen LogP contribution is -2.34. The van der Waals surface area contributed by atoms with Gasteiger partial charge in [-0.15, -0.1) is 0 Å². The van der Waals surface area contributed by atoms with Crippen molar-refractivity contribution in [3.63, 3.8) is 0 Å². The number of carbonyl (C=O) groups excluding carboxylic acids is 1. The van der Waals surface area contributed by atoms with E-state index in [4.69, 9.17) is 10.5 Å². The fourth-order valence-corrected chi connectivity index (χ4v) is 2.69. The number of hydrogen-bond acceptors (Lipinski definition) is 4. The summed E-state index contributed by atoms with van der Waals surface area (Å²) in [5.41, 5.74) is 7.76. The molecule has 1 aromatic heterocycles. The summed E-state index contributed by atoms with van der Waals surface area (Å²) in [6.07, 6.45) is 2.68. The minimum absolute atomic E-state index is 0.204. The molecule has 1 aromatic carbocycles. The van der Waals surface area contributed by atoms with E-state index in [9.17, 15) is 4.79 Å². The molecule has 0 saturated carbocycles. The normalized spacial score (nSPS) is 15.5. The van der Waals surface area contributed by atoms with Gasteiger partial charge in [0.25, 0.3) is 0 Å². The Kier molecular flexibility index (Phi) is 3.64. The highest BCUT2D eigenvalue weighted by molar-refractivity contribution is 5.83. The van der Waals surface area contributed by atoms with Crippen molar-refractivity contribution in [3.8, 4) is 5.75 Å². The van der Waals surface area contributed by atoms with E-state index in [0.29, 0.717) is 18.8 Å². The van der Waals surface area contributed by atoms with Crippen molar-refractivity contribution in [2.75, 3.05) is 19.4 Å². The minimum atomic E-state index is 0.204. The minimum Gasteiger partial charge on any atom is -0.497 e. The maximum atomic E-state index is 11.9. The van der Waals surface area contributed by atoms with Gasteiger partial charge in [-0.1, -0.05) is 0 Å². The molecule has 0 bridgehead atoms. The third kappa shape index (κ3) is 2.77. The van der Waals surface area contributed by atoms with E-state index in [-0.39, 0.29) is 5.91 Å². The van der Waals surface area contributed by atoms with Gasteiger partial charge in [-0.2, -0.15) is 0 Å². The van der Waals surface area contributed by atoms with Gasteiger partial charge in [0.2, 0.25) is 5.91 Å². The molecule has 0 aliphatic carbocycles. The van der Waals surface area contributed by atoms with Crippen molar-refractivity contribution in [2.24, 2.45) is 0 Å². The summed E-state index contributed by atoms with van der Waals surface area (Å²) >= 11 is 0. The molecule has 1 aliphatic rings. The number of pyridine rings is 1. The second-order valence-corrected chi connectivity index (χ2v) is 5.36. The number of anilines is 1. The Morgan fingerprint density at radius 3 is 2.95 bits per heavy atom. The Hall–Kier alpha value is -2.30. The largest absolute Gasteiger partial charge is 0.497 e. The van der Waals surface area contributed by atoms with Crippen LogP contribution in [0.4, 0.5) is 5.82 Å². The van der Waals surface area contributed by atoms with E-state index in [1.807, 2.05) is 29.2 Å². The second-order valence-electron chi connectivity index (χ2n) is 5.36. The highest BCUT2D eigenvalue weighted by Crippen LogP contribution is 2.24. The molecule has 3 rings (SSSR count). The highest BCUT2D eigenvalue weighted by atomic mass is 16.5. The molecular formula is C16H19N3O2. The Morgan fingerprint density at radius 1 is 1.33 bits per heavy atom. The van der Waals surface area contributed by atoms with Crippen molar-refractivity contribution in [1.29, 1.82) is 0 Å². The summed E-state index contributed by atoms with van der Waals surface area (Å²) < 4.78 is 5.19. The number of amides is 1. The number of methoxy groups -OCH3 is 1. The smallest absolute Gasteiger partial charge is 0.222 e. The molecule has 5 nitrogen and oxygen atoms in total. The summed E-state index contributed by atoms with van der Waals surface area (Å²) in [6.45, 7) is 1.35. The average molecular weight is 285 g/mol. The Morgan fingerprint density at radius 2 is 2.19 bits per heavy atom. The number of piperidine rings is 1. The first-order valence-electron chi connectivity index (χ1n) is 7.18. The number of nitrogen functional groups attached to an aromatic ring is 1. The Balaban J connectivity index is 1.91. The first-order valence-corrected chi connectivity index (χ1v) is 7.18. The van der Waals surface area contributed by atoms with E-state index in [0.717, 1.165) is 41.6 Å². The molecule has 1 amide bonds. The first-order chi connectivity index (χ1) is 10.2. The predicted octanol–water partition coefficient (Wildman–Crippen LogP) is 2.34. The van der Waals surface area contributed by atoms with Crippen molar-refractivity contribution in [2.45, 2.75) is 25.8 Å². The van der Waals surface area contributed by atoms with E-state index in [2.05, 4.69) is 4.98 Å². The summed E-state index contributed by atoms with van der Waals surface area (Å²) in [5, 5.41) is 1.00. The molecule has 110 valence electrons. The zero-order valence-corrected chi connectivity index (χ0v) is 12.1. The van der Waals surface area contributed by atoms with E-state index >= 15 is 0 Å². The van der Waals surface area contributed by atoms with Gasteiger partial charge in [0.05, 0.1) is 12.6 Å².